The Morgan fingerprint density at radius 1 is 0.880 bits per heavy atom. The largest absolute Gasteiger partial charge is 0.493 e. The van der Waals surface area contributed by atoms with Crippen LogP contribution >= 0.6 is 0 Å². The maximum Gasteiger partial charge on any atom is 0.260 e. The third kappa shape index (κ3) is 9.19. The summed E-state index contributed by atoms with van der Waals surface area (Å²) in [7, 11) is 6.63. The molecule has 0 bridgehead atoms. The van der Waals surface area contributed by atoms with Crippen LogP contribution in [0.15, 0.2) is 60.8 Å². The Labute approximate surface area is 294 Å². The van der Waals surface area contributed by atoms with Gasteiger partial charge in [-0.05, 0) is 63.1 Å². The molecule has 2 N–H and O–H groups in total. The summed E-state index contributed by atoms with van der Waals surface area (Å²) in [6.45, 7) is 10.2. The van der Waals surface area contributed by atoms with Gasteiger partial charge in [-0.2, -0.15) is 5.10 Å². The number of methoxy groups -OCH3 is 4. The topological polar surface area (TPSA) is 123 Å². The molecule has 2 atom stereocenters. The molecule has 50 heavy (non-hydrogen) atoms. The molecule has 5 rings (SSSR count). The van der Waals surface area contributed by atoms with Gasteiger partial charge in [0, 0.05) is 62.5 Å². The Hall–Kier alpha value is -4.49. The molecule has 5 aromatic rings. The fraction of sp³-hybridized carbons (Fsp3) is 0.447. The molecule has 0 radical (unpaired) electrons. The molecule has 2 unspecified atom stereocenters. The van der Waals surface area contributed by atoms with E-state index in [2.05, 4.69) is 40.9 Å². The van der Waals surface area contributed by atoms with E-state index in [1.807, 2.05) is 63.4 Å². The van der Waals surface area contributed by atoms with Crippen molar-refractivity contribution in [3.8, 4) is 22.9 Å². The van der Waals surface area contributed by atoms with E-state index in [-0.39, 0.29) is 6.10 Å². The maximum atomic E-state index is 6.08. The number of nitrogens with one attached hydrogen (secondary N) is 2. The second kappa shape index (κ2) is 16.9. The van der Waals surface area contributed by atoms with E-state index in [9.17, 15) is 0 Å². The van der Waals surface area contributed by atoms with Crippen LogP contribution in [0.1, 0.15) is 52.5 Å². The molecule has 0 aliphatic carbocycles. The SMILES string of the molecule is CCCC(CNc1cccc(-c2nc(NCc3ccc4c(cnn4C(OC)OC(C)(C)C)c3)c3cc(OCCOC)c(OC)cc3n2)c1)OC. The smallest absolute Gasteiger partial charge is 0.260 e. The van der Waals surface area contributed by atoms with Gasteiger partial charge in [-0.25, -0.2) is 14.6 Å². The van der Waals surface area contributed by atoms with Crippen molar-refractivity contribution in [2.75, 3.05) is 58.8 Å². The predicted molar refractivity (Wildman–Crippen MR) is 197 cm³/mol. The number of rotatable bonds is 18. The van der Waals surface area contributed by atoms with Crippen molar-refractivity contribution in [2.24, 2.45) is 0 Å². The second-order valence-electron chi connectivity index (χ2n) is 13.0. The first-order valence-corrected chi connectivity index (χ1v) is 17.0. The predicted octanol–water partition coefficient (Wildman–Crippen LogP) is 7.44. The first kappa shape index (κ1) is 36.8. The number of fused-ring (bicyclic) bond motifs is 2. The zero-order valence-corrected chi connectivity index (χ0v) is 30.4. The highest BCUT2D eigenvalue weighted by atomic mass is 16.7. The van der Waals surface area contributed by atoms with Gasteiger partial charge >= 0.3 is 0 Å². The first-order valence-electron chi connectivity index (χ1n) is 17.0. The van der Waals surface area contributed by atoms with Crippen LogP contribution in [-0.4, -0.2) is 79.7 Å². The van der Waals surface area contributed by atoms with Crippen molar-refractivity contribution in [2.45, 2.75) is 65.2 Å². The van der Waals surface area contributed by atoms with Gasteiger partial charge in [-0.15, -0.1) is 0 Å². The van der Waals surface area contributed by atoms with E-state index in [1.165, 1.54) is 0 Å². The zero-order valence-electron chi connectivity index (χ0n) is 30.4. The van der Waals surface area contributed by atoms with E-state index in [0.29, 0.717) is 49.4 Å². The number of aromatic nitrogens is 4. The molecule has 0 saturated carbocycles. The molecule has 12 nitrogen and oxygen atoms in total. The Morgan fingerprint density at radius 3 is 2.44 bits per heavy atom. The lowest BCUT2D eigenvalue weighted by atomic mass is 10.1. The number of benzene rings is 3. The van der Waals surface area contributed by atoms with Crippen molar-refractivity contribution in [1.82, 2.24) is 19.7 Å². The number of ether oxygens (including phenoxy) is 6. The molecule has 0 aliphatic heterocycles. The summed E-state index contributed by atoms with van der Waals surface area (Å²) in [4.78, 5) is 10.0. The van der Waals surface area contributed by atoms with Gasteiger partial charge in [0.05, 0.1) is 42.7 Å². The van der Waals surface area contributed by atoms with E-state index in [4.69, 9.17) is 38.4 Å². The number of hydrogen-bond donors (Lipinski definition) is 2. The average Bonchev–Trinajstić information content (AvgIpc) is 3.54. The van der Waals surface area contributed by atoms with Crippen LogP contribution < -0.4 is 20.1 Å². The molecule has 0 fully saturated rings. The van der Waals surface area contributed by atoms with Gasteiger partial charge in [0.25, 0.3) is 6.41 Å². The van der Waals surface area contributed by atoms with Crippen LogP contribution in [0.3, 0.4) is 0 Å². The maximum absolute atomic E-state index is 6.08. The lowest BCUT2D eigenvalue weighted by Gasteiger charge is -2.26. The van der Waals surface area contributed by atoms with Gasteiger partial charge in [-0.3, -0.25) is 0 Å². The van der Waals surface area contributed by atoms with E-state index in [0.717, 1.165) is 51.5 Å². The minimum Gasteiger partial charge on any atom is -0.493 e. The lowest BCUT2D eigenvalue weighted by molar-refractivity contribution is -0.228. The lowest BCUT2D eigenvalue weighted by Crippen LogP contribution is -2.27. The molecule has 0 aliphatic rings. The molecule has 2 aromatic heterocycles. The monoisotopic (exact) mass is 686 g/mol. The van der Waals surface area contributed by atoms with Crippen molar-refractivity contribution >= 4 is 33.3 Å². The first-order chi connectivity index (χ1) is 24.2. The number of hydrogen-bond acceptors (Lipinski definition) is 11. The van der Waals surface area contributed by atoms with Crippen LogP contribution in [0.2, 0.25) is 0 Å². The fourth-order valence-corrected chi connectivity index (χ4v) is 5.60. The molecule has 2 heterocycles. The van der Waals surface area contributed by atoms with Gasteiger partial charge < -0.3 is 39.1 Å². The summed E-state index contributed by atoms with van der Waals surface area (Å²) in [5.41, 5.74) is 4.12. The van der Waals surface area contributed by atoms with Crippen molar-refractivity contribution in [1.29, 1.82) is 0 Å². The molecule has 0 amide bonds. The number of nitrogens with zero attached hydrogens (tertiary/aromatic N) is 4. The van der Waals surface area contributed by atoms with Crippen molar-refractivity contribution < 1.29 is 28.4 Å². The second-order valence-corrected chi connectivity index (χ2v) is 13.0. The fourth-order valence-electron chi connectivity index (χ4n) is 5.60. The summed E-state index contributed by atoms with van der Waals surface area (Å²) in [5, 5.41) is 13.4. The van der Waals surface area contributed by atoms with Gasteiger partial charge in [0.1, 0.15) is 12.4 Å². The van der Waals surface area contributed by atoms with Crippen LogP contribution in [0, 0.1) is 0 Å². The Bertz CT molecular complexity index is 1860. The van der Waals surface area contributed by atoms with E-state index >= 15 is 0 Å². The Balaban J connectivity index is 1.48. The third-order valence-corrected chi connectivity index (χ3v) is 8.10. The molecule has 12 heteroatoms. The van der Waals surface area contributed by atoms with Crippen molar-refractivity contribution in [3.63, 3.8) is 0 Å². The molecular weight excluding hydrogens is 636 g/mol. The quantitative estimate of drug-likeness (QED) is 0.0706. The van der Waals surface area contributed by atoms with Crippen LogP contribution in [-0.2, 0) is 25.5 Å². The molecule has 0 spiro atoms. The minimum atomic E-state index is -0.647. The normalized spacial score (nSPS) is 13.0. The summed E-state index contributed by atoms with van der Waals surface area (Å²) in [5.74, 6) is 2.41. The average molecular weight is 687 g/mol. The Morgan fingerprint density at radius 2 is 1.72 bits per heavy atom. The summed E-state index contributed by atoms with van der Waals surface area (Å²) in [6.07, 6.45) is 3.35. The summed E-state index contributed by atoms with van der Waals surface area (Å²) < 4.78 is 36.0. The minimum absolute atomic E-state index is 0.135. The highest BCUT2D eigenvalue weighted by Gasteiger charge is 2.22. The van der Waals surface area contributed by atoms with Gasteiger partial charge in [0.15, 0.2) is 17.3 Å². The molecule has 268 valence electrons. The highest BCUT2D eigenvalue weighted by Crippen LogP contribution is 2.36. The highest BCUT2D eigenvalue weighted by molar-refractivity contribution is 5.93. The van der Waals surface area contributed by atoms with Crippen LogP contribution in [0.25, 0.3) is 33.2 Å². The van der Waals surface area contributed by atoms with Crippen LogP contribution in [0.5, 0.6) is 11.5 Å². The van der Waals surface area contributed by atoms with Crippen molar-refractivity contribution in [3.05, 3.63) is 66.4 Å². The summed E-state index contributed by atoms with van der Waals surface area (Å²) in [6, 6.07) is 18.1. The zero-order chi connectivity index (χ0) is 35.7. The van der Waals surface area contributed by atoms with Crippen LogP contribution in [0.4, 0.5) is 11.5 Å². The Kier molecular flexibility index (Phi) is 12.5. The van der Waals surface area contributed by atoms with Gasteiger partial charge in [-0.1, -0.05) is 31.5 Å². The number of anilines is 2. The van der Waals surface area contributed by atoms with E-state index in [1.54, 1.807) is 33.1 Å². The third-order valence-electron chi connectivity index (χ3n) is 8.10. The molecule has 0 saturated heterocycles. The summed E-state index contributed by atoms with van der Waals surface area (Å²) >= 11 is 0. The van der Waals surface area contributed by atoms with Gasteiger partial charge in [0.2, 0.25) is 0 Å². The molecule has 3 aromatic carbocycles. The molecular formula is C38H50N6O6. The standard InChI is InChI=1S/C38H50N6O6/c1-9-11-29(46-6)24-39-28-13-10-12-26(19-28)35-42-31-21-33(47-7)34(49-17-16-45-5)20-30(31)36(43-35)40-22-25-14-15-32-27(18-25)23-41-44(32)37(48-8)50-38(2,3)4/h10,12-15,18-21,23,29,37,39H,9,11,16-17,22,24H2,1-8H3,(H,40,42,43). The van der Waals surface area contributed by atoms with E-state index < -0.39 is 12.0 Å².